The minimum absolute atomic E-state index is 0.582. The number of hydrogen-bond donors (Lipinski definition) is 0. The molecule has 0 N–H and O–H groups in total. The molecule has 0 bridgehead atoms. The summed E-state index contributed by atoms with van der Waals surface area (Å²) in [6.07, 6.45) is 0. The van der Waals surface area contributed by atoms with Gasteiger partial charge in [-0.3, -0.25) is 0 Å². The zero-order valence-corrected chi connectivity index (χ0v) is 35.3. The molecule has 0 atom stereocenters. The zero-order chi connectivity index (χ0) is 42.7. The molecule has 0 spiro atoms. The minimum Gasteiger partial charge on any atom is -0.456 e. The Hall–Kier alpha value is -8.41. The molecule has 9 aromatic carbocycles. The van der Waals surface area contributed by atoms with Gasteiger partial charge >= 0.3 is 0 Å². The fourth-order valence-corrected chi connectivity index (χ4v) is 9.05. The number of aryl methyl sites for hydroxylation is 2. The third kappa shape index (κ3) is 6.54. The Morgan fingerprint density at radius 3 is 1.38 bits per heavy atom. The van der Waals surface area contributed by atoms with Crippen LogP contribution in [0.2, 0.25) is 0 Å². The van der Waals surface area contributed by atoms with Crippen molar-refractivity contribution < 1.29 is 4.42 Å². The highest BCUT2D eigenvalue weighted by atomic mass is 16.3. The predicted molar refractivity (Wildman–Crippen MR) is 264 cm³/mol. The zero-order valence-electron chi connectivity index (χ0n) is 35.3. The number of hydrogen-bond acceptors (Lipinski definition) is 4. The van der Waals surface area contributed by atoms with Crippen molar-refractivity contribution in [2.24, 2.45) is 0 Å². The molecule has 0 aliphatic carbocycles. The number of rotatable bonds is 7. The third-order valence-corrected chi connectivity index (χ3v) is 12.4. The molecule has 0 radical (unpaired) electrons. The molecule has 5 heteroatoms. The maximum atomic E-state index is 6.26. The van der Waals surface area contributed by atoms with Crippen molar-refractivity contribution in [1.29, 1.82) is 0 Å². The van der Waals surface area contributed by atoms with Crippen LogP contribution in [-0.2, 0) is 0 Å². The fourth-order valence-electron chi connectivity index (χ4n) is 9.05. The molecule has 0 unspecified atom stereocenters. The summed E-state index contributed by atoms with van der Waals surface area (Å²) < 4.78 is 8.68. The van der Waals surface area contributed by atoms with Gasteiger partial charge in [-0.25, -0.2) is 15.0 Å². The van der Waals surface area contributed by atoms with E-state index in [0.29, 0.717) is 17.5 Å². The molecule has 0 aliphatic heterocycles. The van der Waals surface area contributed by atoms with Gasteiger partial charge in [0.2, 0.25) is 0 Å². The highest BCUT2D eigenvalue weighted by molar-refractivity contribution is 6.12. The van der Waals surface area contributed by atoms with Gasteiger partial charge in [0.15, 0.2) is 17.5 Å². The number of para-hydroxylation sites is 1. The molecule has 0 amide bonds. The molecule has 64 heavy (non-hydrogen) atoms. The van der Waals surface area contributed by atoms with E-state index in [1.165, 1.54) is 33.0 Å². The van der Waals surface area contributed by atoms with Gasteiger partial charge in [-0.1, -0.05) is 175 Å². The first-order valence-electron chi connectivity index (χ1n) is 21.7. The van der Waals surface area contributed by atoms with Crippen LogP contribution in [0.5, 0.6) is 0 Å². The lowest BCUT2D eigenvalue weighted by molar-refractivity contribution is 0.669. The van der Waals surface area contributed by atoms with E-state index in [-0.39, 0.29) is 0 Å². The first kappa shape index (κ1) is 37.4. The van der Waals surface area contributed by atoms with Crippen LogP contribution in [0.25, 0.3) is 117 Å². The number of furan rings is 1. The Bertz CT molecular complexity index is 3560. The summed E-state index contributed by atoms with van der Waals surface area (Å²) in [5.41, 5.74) is 16.8. The maximum absolute atomic E-state index is 6.26. The van der Waals surface area contributed by atoms with Crippen LogP contribution in [0.1, 0.15) is 11.1 Å². The van der Waals surface area contributed by atoms with E-state index in [4.69, 9.17) is 19.4 Å². The fraction of sp³-hybridized carbons (Fsp3) is 0.0339. The second kappa shape index (κ2) is 15.2. The highest BCUT2D eigenvalue weighted by Crippen LogP contribution is 2.42. The predicted octanol–water partition coefficient (Wildman–Crippen LogP) is 15.5. The van der Waals surface area contributed by atoms with Crippen LogP contribution in [0, 0.1) is 13.8 Å². The van der Waals surface area contributed by atoms with Crippen LogP contribution in [0.4, 0.5) is 0 Å². The van der Waals surface area contributed by atoms with Crippen molar-refractivity contribution in [3.63, 3.8) is 0 Å². The molecular weight excluding hydrogens is 781 g/mol. The Kier molecular flexibility index (Phi) is 8.87. The summed E-state index contributed by atoms with van der Waals surface area (Å²) in [4.78, 5) is 15.8. The molecule has 0 aliphatic rings. The lowest BCUT2D eigenvalue weighted by Gasteiger charge is -2.17. The molecule has 302 valence electrons. The smallest absolute Gasteiger partial charge is 0.166 e. The molecule has 0 saturated carbocycles. The molecule has 5 nitrogen and oxygen atoms in total. The highest BCUT2D eigenvalue weighted by Gasteiger charge is 2.22. The van der Waals surface area contributed by atoms with E-state index in [2.05, 4.69) is 176 Å². The van der Waals surface area contributed by atoms with Crippen molar-refractivity contribution in [2.75, 3.05) is 0 Å². The standard InChI is InChI=1S/C59H40N4O/c1-37-17-21-39(22-18-37)45-25-29-47-48-30-26-46(40-23-19-38(2)20-24-40)36-54(48)63(53(47)35-45)52-31-27-43(44-28-32-56-50(33-44)49-15-9-10-16-55(49)64-56)34-51(52)59-61-57(41-11-5-3-6-12-41)60-58(62-59)42-13-7-4-8-14-42/h3-36H,1-2H3. The summed E-state index contributed by atoms with van der Waals surface area (Å²) in [5.74, 6) is 1.80. The molecule has 12 aromatic rings. The molecule has 0 saturated heterocycles. The minimum atomic E-state index is 0.582. The van der Waals surface area contributed by atoms with Gasteiger partial charge in [-0.05, 0) is 89.7 Å². The average molecular weight is 821 g/mol. The van der Waals surface area contributed by atoms with Crippen molar-refractivity contribution in [3.8, 4) is 73.2 Å². The summed E-state index contributed by atoms with van der Waals surface area (Å²) >= 11 is 0. The molecule has 3 aromatic heterocycles. The number of aromatic nitrogens is 4. The SMILES string of the molecule is Cc1ccc(-c2ccc3c4ccc(-c5ccc(C)cc5)cc4n(-c4ccc(-c5ccc6oc7ccccc7c6c5)cc4-c4nc(-c5ccccc5)nc(-c5ccccc5)n4)c3c2)cc1. The quantitative estimate of drug-likeness (QED) is 0.161. The third-order valence-electron chi connectivity index (χ3n) is 12.4. The van der Waals surface area contributed by atoms with Crippen molar-refractivity contribution in [3.05, 3.63) is 217 Å². The van der Waals surface area contributed by atoms with Gasteiger partial charge in [0.1, 0.15) is 11.2 Å². The molecular formula is C59H40N4O. The molecule has 3 heterocycles. The van der Waals surface area contributed by atoms with Crippen molar-refractivity contribution in [2.45, 2.75) is 13.8 Å². The normalized spacial score (nSPS) is 11.6. The van der Waals surface area contributed by atoms with Gasteiger partial charge in [-0.15, -0.1) is 0 Å². The topological polar surface area (TPSA) is 56.7 Å². The number of benzene rings is 9. The molecule has 12 rings (SSSR count). The summed E-state index contributed by atoms with van der Waals surface area (Å²) in [6.45, 7) is 4.26. The van der Waals surface area contributed by atoms with Crippen molar-refractivity contribution in [1.82, 2.24) is 19.5 Å². The lowest BCUT2D eigenvalue weighted by Crippen LogP contribution is -2.04. The summed E-state index contributed by atoms with van der Waals surface area (Å²) in [6, 6.07) is 73.0. The Labute approximate surface area is 370 Å². The van der Waals surface area contributed by atoms with Crippen LogP contribution in [0.15, 0.2) is 211 Å². The number of nitrogens with zero attached hydrogens (tertiary/aromatic N) is 4. The monoisotopic (exact) mass is 820 g/mol. The van der Waals surface area contributed by atoms with E-state index in [0.717, 1.165) is 77.6 Å². The van der Waals surface area contributed by atoms with E-state index in [1.54, 1.807) is 0 Å². The molecule has 0 fully saturated rings. The van der Waals surface area contributed by atoms with Crippen LogP contribution in [-0.4, -0.2) is 19.5 Å². The van der Waals surface area contributed by atoms with E-state index in [1.807, 2.05) is 48.5 Å². The van der Waals surface area contributed by atoms with Gasteiger partial charge in [0.25, 0.3) is 0 Å². The largest absolute Gasteiger partial charge is 0.456 e. The Morgan fingerprint density at radius 1 is 0.328 bits per heavy atom. The van der Waals surface area contributed by atoms with E-state index in [9.17, 15) is 0 Å². The average Bonchev–Trinajstić information content (AvgIpc) is 3.89. The summed E-state index contributed by atoms with van der Waals surface area (Å²) in [5, 5.41) is 4.50. The first-order valence-corrected chi connectivity index (χ1v) is 21.7. The first-order chi connectivity index (χ1) is 31.5. The van der Waals surface area contributed by atoms with E-state index >= 15 is 0 Å². The second-order valence-electron chi connectivity index (χ2n) is 16.6. The van der Waals surface area contributed by atoms with Crippen LogP contribution < -0.4 is 0 Å². The lowest BCUT2D eigenvalue weighted by atomic mass is 9.99. The second-order valence-corrected chi connectivity index (χ2v) is 16.6. The van der Waals surface area contributed by atoms with Crippen molar-refractivity contribution >= 4 is 43.7 Å². The van der Waals surface area contributed by atoms with Crippen LogP contribution >= 0.6 is 0 Å². The van der Waals surface area contributed by atoms with Gasteiger partial charge in [0.05, 0.1) is 16.7 Å². The Balaban J connectivity index is 1.17. The van der Waals surface area contributed by atoms with Gasteiger partial charge in [0, 0.05) is 38.2 Å². The van der Waals surface area contributed by atoms with Gasteiger partial charge < -0.3 is 8.98 Å². The maximum Gasteiger partial charge on any atom is 0.166 e. The van der Waals surface area contributed by atoms with Gasteiger partial charge in [-0.2, -0.15) is 0 Å². The van der Waals surface area contributed by atoms with E-state index < -0.39 is 0 Å². The van der Waals surface area contributed by atoms with Crippen LogP contribution in [0.3, 0.4) is 0 Å². The summed E-state index contributed by atoms with van der Waals surface area (Å²) in [7, 11) is 0. The number of fused-ring (bicyclic) bond motifs is 6. The Morgan fingerprint density at radius 2 is 0.781 bits per heavy atom.